The Labute approximate surface area is 113 Å². The summed E-state index contributed by atoms with van der Waals surface area (Å²) in [5.74, 6) is -0.693. The number of aliphatic carboxylic acids is 1. The minimum atomic E-state index is -4.02. The van der Waals surface area contributed by atoms with Crippen LogP contribution in [0.1, 0.15) is 31.7 Å². The van der Waals surface area contributed by atoms with E-state index >= 15 is 0 Å². The van der Waals surface area contributed by atoms with Crippen LogP contribution in [0.15, 0.2) is 29.2 Å². The van der Waals surface area contributed by atoms with Gasteiger partial charge >= 0.3 is 5.97 Å². The molecular weight excluding hydrogens is 272 g/mol. The van der Waals surface area contributed by atoms with Gasteiger partial charge in [-0.25, -0.2) is 0 Å². The number of unbranched alkanes of at least 4 members (excludes halogenated alkanes) is 1. The van der Waals surface area contributed by atoms with Gasteiger partial charge in [0.05, 0.1) is 4.90 Å². The highest BCUT2D eigenvalue weighted by atomic mass is 32.2. The second kappa shape index (κ2) is 9.48. The highest BCUT2D eigenvalue weighted by Crippen LogP contribution is 2.08. The molecule has 0 amide bonds. The lowest BCUT2D eigenvalue weighted by Crippen LogP contribution is -1.96. The number of carboxylic acid groups (broad SMARTS) is 1. The average Bonchev–Trinajstić information content (AvgIpc) is 2.26. The molecule has 0 aromatic heterocycles. The number of benzene rings is 1. The number of carbonyl (C=O) groups is 1. The van der Waals surface area contributed by atoms with E-state index in [-0.39, 0.29) is 10.4 Å². The molecule has 0 aliphatic heterocycles. The molecule has 0 unspecified atom stereocenters. The lowest BCUT2D eigenvalue weighted by atomic mass is 10.2. The van der Waals surface area contributed by atoms with Gasteiger partial charge in [0.2, 0.25) is 0 Å². The monoisotopic (exact) mass is 292 g/mol. The van der Waals surface area contributed by atoms with Gasteiger partial charge in [-0.2, -0.15) is 8.42 Å². The summed E-state index contributed by atoms with van der Waals surface area (Å²) < 4.78 is 29.6. The van der Waals surface area contributed by atoms with Crippen molar-refractivity contribution >= 4 is 16.1 Å². The SMILES string of the molecule is CCCCC(=O)O.Cc1ccc(S(=O)(=O)O)cc1.O. The molecule has 0 heterocycles. The molecule has 0 saturated carbocycles. The van der Waals surface area contributed by atoms with E-state index in [1.807, 2.05) is 13.8 Å². The van der Waals surface area contributed by atoms with Crippen molar-refractivity contribution in [2.45, 2.75) is 38.0 Å². The average molecular weight is 292 g/mol. The molecular formula is C12H20O6S. The summed E-state index contributed by atoms with van der Waals surface area (Å²) in [6.07, 6.45) is 2.08. The van der Waals surface area contributed by atoms with Gasteiger partial charge in [0.15, 0.2) is 0 Å². The second-order valence-electron chi connectivity index (χ2n) is 3.79. The first-order valence-electron chi connectivity index (χ1n) is 5.53. The standard InChI is InChI=1S/C7H8O3S.C5H10O2.H2O/c1-6-2-4-7(5-3-6)11(8,9)10;1-2-3-4-5(6)7;/h2-5H,1H3,(H,8,9,10);2-4H2,1H3,(H,6,7);1H2. The highest BCUT2D eigenvalue weighted by molar-refractivity contribution is 7.85. The minimum Gasteiger partial charge on any atom is -0.481 e. The van der Waals surface area contributed by atoms with Crippen molar-refractivity contribution in [3.63, 3.8) is 0 Å². The minimum absolute atomic E-state index is 0. The van der Waals surface area contributed by atoms with Crippen molar-refractivity contribution in [1.29, 1.82) is 0 Å². The Kier molecular flexibility index (Phi) is 9.93. The first-order valence-corrected chi connectivity index (χ1v) is 6.97. The van der Waals surface area contributed by atoms with E-state index < -0.39 is 16.1 Å². The van der Waals surface area contributed by atoms with E-state index in [1.54, 1.807) is 12.1 Å². The molecule has 4 N–H and O–H groups in total. The fourth-order valence-corrected chi connectivity index (χ4v) is 1.52. The predicted octanol–water partition coefficient (Wildman–Crippen LogP) is 1.68. The summed E-state index contributed by atoms with van der Waals surface area (Å²) in [5, 5.41) is 8.04. The molecule has 1 rings (SSSR count). The summed E-state index contributed by atoms with van der Waals surface area (Å²) in [6, 6.07) is 5.99. The molecule has 0 aliphatic carbocycles. The maximum absolute atomic E-state index is 10.5. The van der Waals surface area contributed by atoms with Crippen LogP contribution >= 0.6 is 0 Å². The van der Waals surface area contributed by atoms with Crippen molar-refractivity contribution in [3.8, 4) is 0 Å². The Morgan fingerprint density at radius 2 is 1.68 bits per heavy atom. The van der Waals surface area contributed by atoms with Crippen LogP contribution in [-0.4, -0.2) is 29.5 Å². The Morgan fingerprint density at radius 3 is 1.95 bits per heavy atom. The van der Waals surface area contributed by atoms with E-state index in [1.165, 1.54) is 12.1 Å². The molecule has 0 bridgehead atoms. The van der Waals surface area contributed by atoms with Gasteiger partial charge in [-0.1, -0.05) is 31.0 Å². The fourth-order valence-electron chi connectivity index (χ4n) is 1.04. The Bertz CT molecular complexity index is 463. The van der Waals surface area contributed by atoms with Crippen molar-refractivity contribution in [3.05, 3.63) is 29.8 Å². The number of hydrogen-bond acceptors (Lipinski definition) is 3. The Balaban J connectivity index is 0. The van der Waals surface area contributed by atoms with E-state index in [0.29, 0.717) is 6.42 Å². The van der Waals surface area contributed by atoms with Crippen LogP contribution in [0, 0.1) is 6.92 Å². The molecule has 6 nitrogen and oxygen atoms in total. The number of carboxylic acids is 1. The third-order valence-corrected chi connectivity index (χ3v) is 2.93. The van der Waals surface area contributed by atoms with E-state index in [4.69, 9.17) is 9.66 Å². The topological polar surface area (TPSA) is 123 Å². The summed E-state index contributed by atoms with van der Waals surface area (Å²) >= 11 is 0. The van der Waals surface area contributed by atoms with Crippen LogP contribution in [0.5, 0.6) is 0 Å². The van der Waals surface area contributed by atoms with Crippen LogP contribution in [0.25, 0.3) is 0 Å². The maximum Gasteiger partial charge on any atom is 0.303 e. The van der Waals surface area contributed by atoms with Gasteiger partial charge in [0.1, 0.15) is 0 Å². The van der Waals surface area contributed by atoms with Gasteiger partial charge in [0, 0.05) is 6.42 Å². The van der Waals surface area contributed by atoms with E-state index in [0.717, 1.165) is 18.4 Å². The summed E-state index contributed by atoms with van der Waals surface area (Å²) in [6.45, 7) is 3.82. The fraction of sp³-hybridized carbons (Fsp3) is 0.417. The zero-order chi connectivity index (χ0) is 14.2. The second-order valence-corrected chi connectivity index (χ2v) is 5.21. The highest BCUT2D eigenvalue weighted by Gasteiger charge is 2.06. The molecule has 0 radical (unpaired) electrons. The summed E-state index contributed by atoms with van der Waals surface area (Å²) in [5.41, 5.74) is 0.956. The third-order valence-electron chi connectivity index (χ3n) is 2.06. The number of aryl methyl sites for hydroxylation is 1. The predicted molar refractivity (Wildman–Crippen MR) is 71.8 cm³/mol. The van der Waals surface area contributed by atoms with Gasteiger partial charge in [-0.05, 0) is 25.5 Å². The zero-order valence-corrected chi connectivity index (χ0v) is 11.8. The first-order chi connectivity index (χ1) is 8.27. The summed E-state index contributed by atoms with van der Waals surface area (Å²) in [4.78, 5) is 9.69. The largest absolute Gasteiger partial charge is 0.481 e. The molecule has 0 spiro atoms. The van der Waals surface area contributed by atoms with Gasteiger partial charge < -0.3 is 10.6 Å². The molecule has 0 fully saturated rings. The zero-order valence-electron chi connectivity index (χ0n) is 11.0. The normalized spacial score (nSPS) is 9.84. The quantitative estimate of drug-likeness (QED) is 0.817. The molecule has 19 heavy (non-hydrogen) atoms. The summed E-state index contributed by atoms with van der Waals surface area (Å²) in [7, 11) is -4.02. The molecule has 7 heteroatoms. The number of rotatable bonds is 4. The van der Waals surface area contributed by atoms with Crippen molar-refractivity contribution in [2.24, 2.45) is 0 Å². The molecule has 0 saturated heterocycles. The van der Waals surface area contributed by atoms with Crippen LogP contribution in [-0.2, 0) is 14.9 Å². The van der Waals surface area contributed by atoms with Gasteiger partial charge in [0.25, 0.3) is 10.1 Å². The molecule has 0 atom stereocenters. The maximum atomic E-state index is 10.5. The first kappa shape index (κ1) is 19.9. The van der Waals surface area contributed by atoms with Crippen molar-refractivity contribution < 1.29 is 28.3 Å². The Hall–Kier alpha value is -1.44. The van der Waals surface area contributed by atoms with Crippen molar-refractivity contribution in [1.82, 2.24) is 0 Å². The molecule has 1 aromatic rings. The van der Waals surface area contributed by atoms with E-state index in [2.05, 4.69) is 0 Å². The van der Waals surface area contributed by atoms with Gasteiger partial charge in [-0.3, -0.25) is 9.35 Å². The van der Waals surface area contributed by atoms with Crippen molar-refractivity contribution in [2.75, 3.05) is 0 Å². The Morgan fingerprint density at radius 1 is 1.21 bits per heavy atom. The van der Waals surface area contributed by atoms with Crippen LogP contribution in [0.4, 0.5) is 0 Å². The molecule has 1 aromatic carbocycles. The lowest BCUT2D eigenvalue weighted by molar-refractivity contribution is -0.137. The van der Waals surface area contributed by atoms with Crippen LogP contribution in [0.2, 0.25) is 0 Å². The van der Waals surface area contributed by atoms with Gasteiger partial charge in [-0.15, -0.1) is 0 Å². The molecule has 110 valence electrons. The molecule has 0 aliphatic rings. The smallest absolute Gasteiger partial charge is 0.303 e. The van der Waals surface area contributed by atoms with E-state index in [9.17, 15) is 13.2 Å². The van der Waals surface area contributed by atoms with Crippen LogP contribution in [0.3, 0.4) is 0 Å². The third kappa shape index (κ3) is 10.2. The lowest BCUT2D eigenvalue weighted by Gasteiger charge is -1.95. The van der Waals surface area contributed by atoms with Crippen LogP contribution < -0.4 is 0 Å². The number of hydrogen-bond donors (Lipinski definition) is 2.